The van der Waals surface area contributed by atoms with Gasteiger partial charge in [-0.05, 0) is 45.2 Å². The Bertz CT molecular complexity index is 241. The number of rotatable bonds is 7. The van der Waals surface area contributed by atoms with Crippen molar-refractivity contribution in [3.05, 3.63) is 0 Å². The van der Waals surface area contributed by atoms with Gasteiger partial charge in [0.05, 0.1) is 0 Å². The molecule has 1 saturated heterocycles. The van der Waals surface area contributed by atoms with E-state index in [1.54, 1.807) is 0 Å². The summed E-state index contributed by atoms with van der Waals surface area (Å²) in [6.45, 7) is 7.31. The van der Waals surface area contributed by atoms with Gasteiger partial charge in [0.25, 0.3) is 0 Å². The van der Waals surface area contributed by atoms with Gasteiger partial charge >= 0.3 is 0 Å². The topological polar surface area (TPSA) is 32.3 Å². The molecule has 1 aliphatic heterocycles. The SMILES string of the molecule is CCCCC(CC)C(=O)N1CCCC(CNC)C1. The highest BCUT2D eigenvalue weighted by molar-refractivity contribution is 5.78. The number of nitrogens with one attached hydrogen (secondary N) is 1. The lowest BCUT2D eigenvalue weighted by molar-refractivity contribution is -0.137. The van der Waals surface area contributed by atoms with Gasteiger partial charge in [-0.25, -0.2) is 0 Å². The van der Waals surface area contributed by atoms with Crippen molar-refractivity contribution >= 4 is 5.91 Å². The van der Waals surface area contributed by atoms with Crippen LogP contribution in [0.2, 0.25) is 0 Å². The molecule has 1 heterocycles. The lowest BCUT2D eigenvalue weighted by Crippen LogP contribution is -2.44. The molecule has 0 bridgehead atoms. The zero-order chi connectivity index (χ0) is 13.4. The maximum Gasteiger partial charge on any atom is 0.225 e. The molecule has 0 aromatic heterocycles. The molecule has 1 fully saturated rings. The van der Waals surface area contributed by atoms with E-state index in [2.05, 4.69) is 24.1 Å². The highest BCUT2D eigenvalue weighted by Gasteiger charge is 2.27. The quantitative estimate of drug-likeness (QED) is 0.757. The van der Waals surface area contributed by atoms with Gasteiger partial charge in [-0.1, -0.05) is 26.7 Å². The van der Waals surface area contributed by atoms with E-state index in [0.717, 1.165) is 32.5 Å². The Morgan fingerprint density at radius 2 is 2.22 bits per heavy atom. The van der Waals surface area contributed by atoms with Gasteiger partial charge in [-0.2, -0.15) is 0 Å². The van der Waals surface area contributed by atoms with Crippen LogP contribution in [0.25, 0.3) is 0 Å². The molecule has 18 heavy (non-hydrogen) atoms. The van der Waals surface area contributed by atoms with Crippen LogP contribution in [-0.2, 0) is 4.79 Å². The number of likely N-dealkylation sites (tertiary alicyclic amines) is 1. The van der Waals surface area contributed by atoms with Gasteiger partial charge in [-0.15, -0.1) is 0 Å². The molecule has 0 saturated carbocycles. The van der Waals surface area contributed by atoms with E-state index in [1.807, 2.05) is 7.05 Å². The van der Waals surface area contributed by atoms with Crippen molar-refractivity contribution in [3.8, 4) is 0 Å². The fourth-order valence-corrected chi connectivity index (χ4v) is 2.93. The largest absolute Gasteiger partial charge is 0.342 e. The Morgan fingerprint density at radius 3 is 2.83 bits per heavy atom. The summed E-state index contributed by atoms with van der Waals surface area (Å²) in [7, 11) is 2.00. The zero-order valence-corrected chi connectivity index (χ0v) is 12.4. The number of hydrogen-bond donors (Lipinski definition) is 1. The number of piperidine rings is 1. The van der Waals surface area contributed by atoms with Gasteiger partial charge < -0.3 is 10.2 Å². The minimum atomic E-state index is 0.262. The van der Waals surface area contributed by atoms with E-state index >= 15 is 0 Å². The summed E-state index contributed by atoms with van der Waals surface area (Å²) in [5.41, 5.74) is 0. The van der Waals surface area contributed by atoms with E-state index < -0.39 is 0 Å². The molecule has 0 radical (unpaired) electrons. The summed E-state index contributed by atoms with van der Waals surface area (Å²) < 4.78 is 0. The average Bonchev–Trinajstić information content (AvgIpc) is 2.40. The van der Waals surface area contributed by atoms with Crippen LogP contribution < -0.4 is 5.32 Å². The molecule has 0 aliphatic carbocycles. The predicted octanol–water partition coefficient (Wildman–Crippen LogP) is 2.66. The fourth-order valence-electron chi connectivity index (χ4n) is 2.93. The first-order valence-corrected chi connectivity index (χ1v) is 7.66. The van der Waals surface area contributed by atoms with Crippen molar-refractivity contribution < 1.29 is 4.79 Å². The Morgan fingerprint density at radius 1 is 1.44 bits per heavy atom. The lowest BCUT2D eigenvalue weighted by atomic mass is 9.93. The van der Waals surface area contributed by atoms with E-state index in [1.165, 1.54) is 25.7 Å². The molecule has 0 aromatic rings. The molecule has 1 N–H and O–H groups in total. The van der Waals surface area contributed by atoms with Gasteiger partial charge in [0.15, 0.2) is 0 Å². The van der Waals surface area contributed by atoms with Gasteiger partial charge in [0.2, 0.25) is 5.91 Å². The predicted molar refractivity (Wildman–Crippen MR) is 76.5 cm³/mol. The smallest absolute Gasteiger partial charge is 0.225 e. The molecule has 1 amide bonds. The second kappa shape index (κ2) is 8.52. The summed E-state index contributed by atoms with van der Waals surface area (Å²) in [5.74, 6) is 1.32. The molecule has 106 valence electrons. The zero-order valence-electron chi connectivity index (χ0n) is 12.4. The van der Waals surface area contributed by atoms with E-state index in [0.29, 0.717) is 11.8 Å². The molecule has 2 unspecified atom stereocenters. The summed E-state index contributed by atoms with van der Waals surface area (Å²) in [6.07, 6.45) is 6.86. The number of nitrogens with zero attached hydrogens (tertiary/aromatic N) is 1. The molecule has 3 nitrogen and oxygen atoms in total. The summed E-state index contributed by atoms with van der Waals surface area (Å²) in [4.78, 5) is 14.6. The van der Waals surface area contributed by atoms with Crippen LogP contribution in [0.15, 0.2) is 0 Å². The van der Waals surface area contributed by atoms with Crippen molar-refractivity contribution in [1.82, 2.24) is 10.2 Å². The first-order chi connectivity index (χ1) is 8.72. The van der Waals surface area contributed by atoms with Gasteiger partial charge in [0.1, 0.15) is 0 Å². The Balaban J connectivity index is 2.47. The highest BCUT2D eigenvalue weighted by atomic mass is 16.2. The number of unbranched alkanes of at least 4 members (excludes halogenated alkanes) is 1. The third kappa shape index (κ3) is 4.60. The number of hydrogen-bond acceptors (Lipinski definition) is 2. The number of carbonyl (C=O) groups excluding carboxylic acids is 1. The summed E-state index contributed by atoms with van der Waals surface area (Å²) >= 11 is 0. The number of amides is 1. The summed E-state index contributed by atoms with van der Waals surface area (Å²) in [6, 6.07) is 0. The minimum absolute atomic E-state index is 0.262. The second-order valence-corrected chi connectivity index (χ2v) is 5.60. The van der Waals surface area contributed by atoms with Gasteiger partial charge in [0, 0.05) is 19.0 Å². The molecular formula is C15H30N2O. The van der Waals surface area contributed by atoms with Crippen LogP contribution >= 0.6 is 0 Å². The van der Waals surface area contributed by atoms with Crippen LogP contribution in [0.1, 0.15) is 52.4 Å². The van der Waals surface area contributed by atoms with Crippen molar-refractivity contribution in [2.75, 3.05) is 26.7 Å². The third-order valence-corrected chi connectivity index (χ3v) is 4.07. The lowest BCUT2D eigenvalue weighted by Gasteiger charge is -2.35. The minimum Gasteiger partial charge on any atom is -0.342 e. The standard InChI is InChI=1S/C15H30N2O/c1-4-6-9-14(5-2)15(18)17-10-7-8-13(12-17)11-16-3/h13-14,16H,4-12H2,1-3H3. The first kappa shape index (κ1) is 15.5. The Hall–Kier alpha value is -0.570. The summed E-state index contributed by atoms with van der Waals surface area (Å²) in [5, 5.41) is 3.24. The Kier molecular flexibility index (Phi) is 7.33. The van der Waals surface area contributed by atoms with Crippen molar-refractivity contribution in [1.29, 1.82) is 0 Å². The highest BCUT2D eigenvalue weighted by Crippen LogP contribution is 2.21. The third-order valence-electron chi connectivity index (χ3n) is 4.07. The molecule has 1 rings (SSSR count). The van der Waals surface area contributed by atoms with E-state index in [9.17, 15) is 4.79 Å². The Labute approximate surface area is 112 Å². The first-order valence-electron chi connectivity index (χ1n) is 7.66. The van der Waals surface area contributed by atoms with Crippen LogP contribution in [0.5, 0.6) is 0 Å². The van der Waals surface area contributed by atoms with Crippen LogP contribution in [-0.4, -0.2) is 37.5 Å². The van der Waals surface area contributed by atoms with Crippen LogP contribution in [0.3, 0.4) is 0 Å². The van der Waals surface area contributed by atoms with Gasteiger partial charge in [-0.3, -0.25) is 4.79 Å². The monoisotopic (exact) mass is 254 g/mol. The normalized spacial score (nSPS) is 21.9. The average molecular weight is 254 g/mol. The molecular weight excluding hydrogens is 224 g/mol. The molecule has 0 aromatic carbocycles. The van der Waals surface area contributed by atoms with Crippen LogP contribution in [0.4, 0.5) is 0 Å². The second-order valence-electron chi connectivity index (χ2n) is 5.60. The van der Waals surface area contributed by atoms with Crippen molar-refractivity contribution in [2.24, 2.45) is 11.8 Å². The van der Waals surface area contributed by atoms with Crippen LogP contribution in [0, 0.1) is 11.8 Å². The molecule has 2 atom stereocenters. The molecule has 3 heteroatoms. The van der Waals surface area contributed by atoms with Crippen molar-refractivity contribution in [3.63, 3.8) is 0 Å². The molecule has 0 spiro atoms. The maximum atomic E-state index is 12.5. The van der Waals surface area contributed by atoms with E-state index in [4.69, 9.17) is 0 Å². The molecule has 1 aliphatic rings. The van der Waals surface area contributed by atoms with E-state index in [-0.39, 0.29) is 5.92 Å². The van der Waals surface area contributed by atoms with Crippen molar-refractivity contribution in [2.45, 2.75) is 52.4 Å². The maximum absolute atomic E-state index is 12.5. The number of carbonyl (C=O) groups is 1. The fraction of sp³-hybridized carbons (Fsp3) is 0.933.